The highest BCUT2D eigenvalue weighted by Gasteiger charge is 2.44. The third-order valence-corrected chi connectivity index (χ3v) is 4.65. The molecular formula is C19H29NO2. The van der Waals surface area contributed by atoms with Crippen molar-refractivity contribution in [3.63, 3.8) is 0 Å². The number of hydrogen-bond donors (Lipinski definition) is 0. The molecule has 3 nitrogen and oxygen atoms in total. The van der Waals surface area contributed by atoms with E-state index in [0.717, 1.165) is 12.8 Å². The molecule has 2 rings (SSSR count). The summed E-state index contributed by atoms with van der Waals surface area (Å²) in [4.78, 5) is 18.4. The summed E-state index contributed by atoms with van der Waals surface area (Å²) in [6.07, 6.45) is 4.00. The monoisotopic (exact) mass is 303 g/mol. The van der Waals surface area contributed by atoms with E-state index in [1.165, 1.54) is 12.0 Å². The number of hydroxylamine groups is 2. The maximum absolute atomic E-state index is 12.5. The number of carbonyl (C=O) groups is 1. The van der Waals surface area contributed by atoms with Gasteiger partial charge in [-0.1, -0.05) is 37.3 Å². The highest BCUT2D eigenvalue weighted by Crippen LogP contribution is 2.38. The predicted octanol–water partition coefficient (Wildman–Crippen LogP) is 4.37. The molecule has 0 amide bonds. The Morgan fingerprint density at radius 2 is 1.68 bits per heavy atom. The van der Waals surface area contributed by atoms with Crippen molar-refractivity contribution in [1.29, 1.82) is 0 Å². The van der Waals surface area contributed by atoms with Gasteiger partial charge in [0.15, 0.2) is 0 Å². The Morgan fingerprint density at radius 1 is 1.14 bits per heavy atom. The van der Waals surface area contributed by atoms with Gasteiger partial charge in [0.05, 0.1) is 17.0 Å². The molecule has 1 unspecified atom stereocenters. The van der Waals surface area contributed by atoms with E-state index in [4.69, 9.17) is 4.84 Å². The second-order valence-corrected chi connectivity index (χ2v) is 7.77. The third kappa shape index (κ3) is 3.89. The Morgan fingerprint density at radius 3 is 2.23 bits per heavy atom. The van der Waals surface area contributed by atoms with Gasteiger partial charge in [0.2, 0.25) is 0 Å². The molecule has 0 radical (unpaired) electrons. The van der Waals surface area contributed by atoms with Crippen molar-refractivity contribution < 1.29 is 9.63 Å². The molecular weight excluding hydrogens is 274 g/mol. The van der Waals surface area contributed by atoms with Crippen LogP contribution >= 0.6 is 0 Å². The second kappa shape index (κ2) is 6.41. The van der Waals surface area contributed by atoms with E-state index in [1.54, 1.807) is 0 Å². The van der Waals surface area contributed by atoms with Crippen LogP contribution in [-0.4, -0.2) is 22.1 Å². The molecule has 0 saturated carbocycles. The number of benzene rings is 1. The third-order valence-electron chi connectivity index (χ3n) is 4.65. The van der Waals surface area contributed by atoms with Crippen molar-refractivity contribution >= 4 is 5.97 Å². The smallest absolute Gasteiger partial charge is 0.328 e. The molecule has 0 aromatic heterocycles. The standard InChI is InChI=1S/C19H29NO2/c1-15(14-16-10-7-6-8-11-16)17(21)22-20-18(2,3)12-9-13-19(20,4)5/h6-8,10-11,15H,9,12-14H2,1-5H3. The summed E-state index contributed by atoms with van der Waals surface area (Å²) in [5.41, 5.74) is 0.956. The number of nitrogens with zero attached hydrogens (tertiary/aromatic N) is 1. The first-order valence-corrected chi connectivity index (χ1v) is 8.28. The Bertz CT molecular complexity index is 491. The quantitative estimate of drug-likeness (QED) is 0.827. The van der Waals surface area contributed by atoms with Crippen LogP contribution < -0.4 is 0 Å². The van der Waals surface area contributed by atoms with Crippen molar-refractivity contribution in [2.24, 2.45) is 5.92 Å². The molecule has 0 aliphatic carbocycles. The Labute approximate surface area is 134 Å². The highest BCUT2D eigenvalue weighted by atomic mass is 16.7. The lowest BCUT2D eigenvalue weighted by Crippen LogP contribution is -2.59. The first-order chi connectivity index (χ1) is 10.2. The fourth-order valence-electron chi connectivity index (χ4n) is 3.45. The SMILES string of the molecule is CC(Cc1ccccc1)C(=O)ON1C(C)(C)CCCC1(C)C. The zero-order valence-electron chi connectivity index (χ0n) is 14.6. The van der Waals surface area contributed by atoms with Crippen LogP contribution in [0.25, 0.3) is 0 Å². The van der Waals surface area contributed by atoms with Gasteiger partial charge in [-0.05, 0) is 58.9 Å². The summed E-state index contributed by atoms with van der Waals surface area (Å²) in [5.74, 6) is -0.275. The van der Waals surface area contributed by atoms with Gasteiger partial charge < -0.3 is 4.84 Å². The summed E-state index contributed by atoms with van der Waals surface area (Å²) in [6.45, 7) is 10.6. The number of rotatable bonds is 4. The largest absolute Gasteiger partial charge is 0.367 e. The Hall–Kier alpha value is -1.35. The zero-order valence-corrected chi connectivity index (χ0v) is 14.6. The molecule has 0 N–H and O–H groups in total. The molecule has 1 aromatic rings. The predicted molar refractivity (Wildman–Crippen MR) is 89.3 cm³/mol. The fraction of sp³-hybridized carbons (Fsp3) is 0.632. The van der Waals surface area contributed by atoms with Crippen LogP contribution in [0.3, 0.4) is 0 Å². The van der Waals surface area contributed by atoms with Crippen molar-refractivity contribution in [2.45, 2.75) is 71.4 Å². The van der Waals surface area contributed by atoms with Gasteiger partial charge >= 0.3 is 5.97 Å². The maximum atomic E-state index is 12.5. The van der Waals surface area contributed by atoms with E-state index < -0.39 is 0 Å². The summed E-state index contributed by atoms with van der Waals surface area (Å²) in [6, 6.07) is 10.1. The van der Waals surface area contributed by atoms with Crippen LogP contribution in [0, 0.1) is 5.92 Å². The molecule has 1 fully saturated rings. The topological polar surface area (TPSA) is 29.5 Å². The molecule has 1 aromatic carbocycles. The molecule has 1 aliphatic heterocycles. The van der Waals surface area contributed by atoms with Gasteiger partial charge in [0.1, 0.15) is 0 Å². The van der Waals surface area contributed by atoms with Crippen molar-refractivity contribution in [3.8, 4) is 0 Å². The van der Waals surface area contributed by atoms with E-state index in [0.29, 0.717) is 6.42 Å². The summed E-state index contributed by atoms with van der Waals surface area (Å²) in [5, 5.41) is 1.94. The average Bonchev–Trinajstić information content (AvgIpc) is 2.43. The Kier molecular flexibility index (Phi) is 4.96. The van der Waals surface area contributed by atoms with E-state index in [2.05, 4.69) is 39.8 Å². The molecule has 1 saturated heterocycles. The van der Waals surface area contributed by atoms with Crippen LogP contribution in [0.1, 0.15) is 59.4 Å². The molecule has 122 valence electrons. The lowest BCUT2D eigenvalue weighted by molar-refractivity contribution is -0.268. The number of hydrogen-bond acceptors (Lipinski definition) is 3. The summed E-state index contributed by atoms with van der Waals surface area (Å²) < 4.78 is 0. The second-order valence-electron chi connectivity index (χ2n) is 7.77. The van der Waals surface area contributed by atoms with E-state index in [-0.39, 0.29) is 23.0 Å². The maximum Gasteiger partial charge on any atom is 0.328 e. The van der Waals surface area contributed by atoms with Crippen molar-refractivity contribution in [2.75, 3.05) is 0 Å². The van der Waals surface area contributed by atoms with Gasteiger partial charge in [0.25, 0.3) is 0 Å². The van der Waals surface area contributed by atoms with E-state index in [1.807, 2.05) is 30.2 Å². The van der Waals surface area contributed by atoms with Crippen molar-refractivity contribution in [3.05, 3.63) is 35.9 Å². The Balaban J connectivity index is 2.03. The molecule has 1 heterocycles. The fourth-order valence-corrected chi connectivity index (χ4v) is 3.45. The minimum absolute atomic E-state index is 0.107. The summed E-state index contributed by atoms with van der Waals surface area (Å²) >= 11 is 0. The van der Waals surface area contributed by atoms with Crippen LogP contribution in [0.4, 0.5) is 0 Å². The molecule has 0 spiro atoms. The normalized spacial score (nSPS) is 22.0. The van der Waals surface area contributed by atoms with Crippen molar-refractivity contribution in [1.82, 2.24) is 5.06 Å². The van der Waals surface area contributed by atoms with Crippen LogP contribution in [0.5, 0.6) is 0 Å². The van der Waals surface area contributed by atoms with Gasteiger partial charge in [-0.2, -0.15) is 0 Å². The molecule has 0 bridgehead atoms. The van der Waals surface area contributed by atoms with Gasteiger partial charge in [-0.25, -0.2) is 0 Å². The number of piperidine rings is 1. The van der Waals surface area contributed by atoms with E-state index >= 15 is 0 Å². The first kappa shape index (κ1) is 17.0. The van der Waals surface area contributed by atoms with Gasteiger partial charge in [-0.15, -0.1) is 5.06 Å². The van der Waals surface area contributed by atoms with E-state index in [9.17, 15) is 4.79 Å². The average molecular weight is 303 g/mol. The van der Waals surface area contributed by atoms with Gasteiger partial charge in [0, 0.05) is 0 Å². The highest BCUT2D eigenvalue weighted by molar-refractivity contribution is 5.72. The van der Waals surface area contributed by atoms with Crippen LogP contribution in [0.15, 0.2) is 30.3 Å². The van der Waals surface area contributed by atoms with Crippen LogP contribution in [-0.2, 0) is 16.1 Å². The minimum atomic E-state index is -0.143. The summed E-state index contributed by atoms with van der Waals surface area (Å²) in [7, 11) is 0. The molecule has 3 heteroatoms. The first-order valence-electron chi connectivity index (χ1n) is 8.28. The molecule has 1 aliphatic rings. The lowest BCUT2D eigenvalue weighted by Gasteiger charge is -2.50. The number of carbonyl (C=O) groups excluding carboxylic acids is 1. The molecule has 1 atom stereocenters. The lowest BCUT2D eigenvalue weighted by atomic mass is 9.82. The van der Waals surface area contributed by atoms with Gasteiger partial charge in [-0.3, -0.25) is 4.79 Å². The van der Waals surface area contributed by atoms with Crippen LogP contribution in [0.2, 0.25) is 0 Å². The zero-order chi connectivity index (χ0) is 16.4. The minimum Gasteiger partial charge on any atom is -0.367 e. The molecule has 22 heavy (non-hydrogen) atoms.